The van der Waals surface area contributed by atoms with Crippen molar-refractivity contribution >= 4 is 39.0 Å². The zero-order chi connectivity index (χ0) is 14.9. The molecule has 2 aromatic rings. The number of nitrogens with zero attached hydrogens (tertiary/aromatic N) is 2. The largest absolute Gasteiger partial charge is 0.340 e. The Labute approximate surface area is 132 Å². The van der Waals surface area contributed by atoms with E-state index in [1.54, 1.807) is 0 Å². The lowest BCUT2D eigenvalue weighted by Gasteiger charge is -2.18. The number of benzene rings is 1. The Hall–Kier alpha value is -1.13. The molecule has 2 rings (SSSR count). The molecule has 0 bridgehead atoms. The molecule has 1 aromatic carbocycles. The minimum absolute atomic E-state index is 0.106. The van der Waals surface area contributed by atoms with Gasteiger partial charge in [0.25, 0.3) is 0 Å². The molecule has 0 saturated carbocycles. The average Bonchev–Trinajstić information content (AvgIpc) is 2.32. The first-order valence-electron chi connectivity index (χ1n) is 6.34. The summed E-state index contributed by atoms with van der Waals surface area (Å²) in [5, 5.41) is 4.00. The molecule has 0 saturated heterocycles. The van der Waals surface area contributed by atoms with Gasteiger partial charge in [0.2, 0.25) is 0 Å². The monoisotopic (exact) mass is 353 g/mol. The van der Waals surface area contributed by atoms with Gasteiger partial charge in [-0.3, -0.25) is 0 Å². The molecule has 3 nitrogen and oxygen atoms in total. The van der Waals surface area contributed by atoms with Crippen LogP contribution in [0, 0.1) is 6.92 Å². The molecule has 20 heavy (non-hydrogen) atoms. The van der Waals surface area contributed by atoms with Gasteiger partial charge < -0.3 is 5.32 Å². The zero-order valence-electron chi connectivity index (χ0n) is 12.0. The molecular weight excluding hydrogens is 338 g/mol. The summed E-state index contributed by atoms with van der Waals surface area (Å²) in [6.45, 7) is 8.23. The molecule has 1 N–H and O–H groups in total. The summed E-state index contributed by atoms with van der Waals surface area (Å²) in [4.78, 5) is 8.97. The summed E-state index contributed by atoms with van der Waals surface area (Å²) in [5.41, 5.74) is 1.85. The van der Waals surface area contributed by atoms with Crippen molar-refractivity contribution in [2.75, 3.05) is 5.32 Å². The highest BCUT2D eigenvalue weighted by molar-refractivity contribution is 9.10. The number of aromatic nitrogens is 2. The maximum absolute atomic E-state index is 6.13. The van der Waals surface area contributed by atoms with E-state index in [1.165, 1.54) is 0 Å². The summed E-state index contributed by atoms with van der Waals surface area (Å²) in [6, 6.07) is 7.70. The number of hydrogen-bond acceptors (Lipinski definition) is 3. The predicted molar refractivity (Wildman–Crippen MR) is 87.9 cm³/mol. The third-order valence-electron chi connectivity index (χ3n) is 2.81. The quantitative estimate of drug-likeness (QED) is 0.749. The lowest BCUT2D eigenvalue weighted by molar-refractivity contribution is 0.544. The molecule has 106 valence electrons. The third-order valence-corrected chi connectivity index (χ3v) is 3.62. The van der Waals surface area contributed by atoms with E-state index < -0.39 is 0 Å². The highest BCUT2D eigenvalue weighted by Crippen LogP contribution is 2.26. The smallest absolute Gasteiger partial charge is 0.137 e. The molecule has 0 unspecified atom stereocenters. The van der Waals surface area contributed by atoms with Crippen LogP contribution in [-0.2, 0) is 5.41 Å². The number of anilines is 2. The molecule has 0 aliphatic rings. The van der Waals surface area contributed by atoms with Gasteiger partial charge in [-0.2, -0.15) is 0 Å². The Kier molecular flexibility index (Phi) is 4.35. The van der Waals surface area contributed by atoms with Crippen LogP contribution in [0.15, 0.2) is 28.9 Å². The maximum Gasteiger partial charge on any atom is 0.137 e. The highest BCUT2D eigenvalue weighted by atomic mass is 79.9. The van der Waals surface area contributed by atoms with Gasteiger partial charge >= 0.3 is 0 Å². The number of nitrogens with one attached hydrogen (secondary N) is 1. The fourth-order valence-electron chi connectivity index (χ4n) is 1.64. The predicted octanol–water partition coefficient (Wildman–Crippen LogP) is 5.24. The van der Waals surface area contributed by atoms with E-state index in [-0.39, 0.29) is 5.41 Å². The van der Waals surface area contributed by atoms with Gasteiger partial charge in [-0.1, -0.05) is 38.4 Å². The van der Waals surface area contributed by atoms with Crippen LogP contribution in [0.4, 0.5) is 11.5 Å². The summed E-state index contributed by atoms with van der Waals surface area (Å²) >= 11 is 9.56. The maximum atomic E-state index is 6.13. The number of aryl methyl sites for hydroxylation is 1. The summed E-state index contributed by atoms with van der Waals surface area (Å²) in [7, 11) is 0. The molecule has 0 radical (unpaired) electrons. The molecule has 1 heterocycles. The van der Waals surface area contributed by atoms with Gasteiger partial charge in [0.1, 0.15) is 16.2 Å². The van der Waals surface area contributed by atoms with Crippen molar-refractivity contribution in [3.8, 4) is 0 Å². The Morgan fingerprint density at radius 1 is 1.15 bits per heavy atom. The molecule has 0 aliphatic carbocycles. The van der Waals surface area contributed by atoms with Crippen molar-refractivity contribution in [1.29, 1.82) is 0 Å². The molecule has 0 atom stereocenters. The number of halogens is 2. The molecule has 0 spiro atoms. The van der Waals surface area contributed by atoms with Gasteiger partial charge in [0.15, 0.2) is 0 Å². The first-order valence-corrected chi connectivity index (χ1v) is 7.51. The van der Waals surface area contributed by atoms with Crippen LogP contribution >= 0.6 is 27.5 Å². The van der Waals surface area contributed by atoms with E-state index in [0.29, 0.717) is 0 Å². The van der Waals surface area contributed by atoms with Crippen molar-refractivity contribution in [2.24, 2.45) is 0 Å². The summed E-state index contributed by atoms with van der Waals surface area (Å²) in [6.07, 6.45) is 0. The third kappa shape index (κ3) is 3.70. The van der Waals surface area contributed by atoms with Crippen molar-refractivity contribution in [3.05, 3.63) is 45.3 Å². The topological polar surface area (TPSA) is 37.8 Å². The van der Waals surface area contributed by atoms with Gasteiger partial charge in [-0.25, -0.2) is 9.97 Å². The van der Waals surface area contributed by atoms with Crippen LogP contribution < -0.4 is 5.32 Å². The van der Waals surface area contributed by atoms with Crippen molar-refractivity contribution in [3.63, 3.8) is 0 Å². The Morgan fingerprint density at radius 2 is 1.85 bits per heavy atom. The normalized spacial score (nSPS) is 11.5. The van der Waals surface area contributed by atoms with Crippen molar-refractivity contribution in [2.45, 2.75) is 33.1 Å². The van der Waals surface area contributed by atoms with Gasteiger partial charge in [0, 0.05) is 22.2 Å². The number of hydrogen-bond donors (Lipinski definition) is 1. The minimum Gasteiger partial charge on any atom is -0.340 e. The molecule has 1 aromatic heterocycles. The average molecular weight is 355 g/mol. The van der Waals surface area contributed by atoms with Crippen LogP contribution in [0.25, 0.3) is 0 Å². The van der Waals surface area contributed by atoms with E-state index in [4.69, 9.17) is 11.6 Å². The fraction of sp³-hybridized carbons (Fsp3) is 0.333. The van der Waals surface area contributed by atoms with E-state index in [2.05, 4.69) is 52.0 Å². The summed E-state index contributed by atoms with van der Waals surface area (Å²) < 4.78 is 0.762. The lowest BCUT2D eigenvalue weighted by atomic mass is 9.96. The molecule has 0 aliphatic heterocycles. The molecular formula is C15H17BrClN3. The van der Waals surface area contributed by atoms with Crippen LogP contribution in [-0.4, -0.2) is 9.97 Å². The minimum atomic E-state index is -0.106. The highest BCUT2D eigenvalue weighted by Gasteiger charge is 2.18. The first kappa shape index (κ1) is 15.3. The van der Waals surface area contributed by atoms with Crippen LogP contribution in [0.2, 0.25) is 5.02 Å². The van der Waals surface area contributed by atoms with Crippen molar-refractivity contribution < 1.29 is 0 Å². The standard InChI is InChI=1S/C15H17BrClN3/c1-9-5-6-10(7-11(9)17)18-13-8-12(16)19-14(20-13)15(2,3)4/h5-8H,1-4H3,(H,18,19,20). The van der Waals surface area contributed by atoms with Gasteiger partial charge in [-0.15, -0.1) is 0 Å². The van der Waals surface area contributed by atoms with Gasteiger partial charge in [-0.05, 0) is 40.5 Å². The SMILES string of the molecule is Cc1ccc(Nc2cc(Br)nc(C(C)(C)C)n2)cc1Cl. The van der Waals surface area contributed by atoms with Crippen molar-refractivity contribution in [1.82, 2.24) is 9.97 Å². The van der Waals surface area contributed by atoms with E-state index in [0.717, 1.165) is 32.5 Å². The van der Waals surface area contributed by atoms with Crippen LogP contribution in [0.3, 0.4) is 0 Å². The van der Waals surface area contributed by atoms with E-state index in [1.807, 2.05) is 31.2 Å². The summed E-state index contributed by atoms with van der Waals surface area (Å²) in [5.74, 6) is 1.53. The van der Waals surface area contributed by atoms with E-state index >= 15 is 0 Å². The van der Waals surface area contributed by atoms with E-state index in [9.17, 15) is 0 Å². The Balaban J connectivity index is 2.33. The van der Waals surface area contributed by atoms with Gasteiger partial charge in [0.05, 0.1) is 0 Å². The molecule has 5 heteroatoms. The molecule has 0 fully saturated rings. The molecule has 0 amide bonds. The zero-order valence-corrected chi connectivity index (χ0v) is 14.3. The second-order valence-electron chi connectivity index (χ2n) is 5.74. The first-order chi connectivity index (χ1) is 9.25. The Morgan fingerprint density at radius 3 is 2.45 bits per heavy atom. The second-order valence-corrected chi connectivity index (χ2v) is 6.96. The second kappa shape index (κ2) is 5.70. The fourth-order valence-corrected chi connectivity index (χ4v) is 2.20. The van der Waals surface area contributed by atoms with Crippen LogP contribution in [0.1, 0.15) is 32.2 Å². The van der Waals surface area contributed by atoms with Crippen LogP contribution in [0.5, 0.6) is 0 Å². The lowest BCUT2D eigenvalue weighted by Crippen LogP contribution is -2.16. The number of rotatable bonds is 2. The Bertz CT molecular complexity index is 636.